The molecule has 4 heterocycles. The molecule has 0 spiro atoms. The van der Waals surface area contributed by atoms with Crippen molar-refractivity contribution in [1.29, 1.82) is 0 Å². The van der Waals surface area contributed by atoms with Crippen molar-refractivity contribution in [1.82, 2.24) is 24.5 Å². The lowest BCUT2D eigenvalue weighted by Crippen LogP contribution is -2.31. The number of aliphatic hydroxyl groups excluding tert-OH is 1. The van der Waals surface area contributed by atoms with Gasteiger partial charge in [0.15, 0.2) is 11.5 Å². The van der Waals surface area contributed by atoms with Crippen LogP contribution in [0.15, 0.2) is 77.9 Å². The highest BCUT2D eigenvalue weighted by Gasteiger charge is 2.24. The summed E-state index contributed by atoms with van der Waals surface area (Å²) >= 11 is 0. The van der Waals surface area contributed by atoms with Gasteiger partial charge in [-0.25, -0.2) is 9.50 Å². The topological polar surface area (TPSA) is 120 Å². The lowest BCUT2D eigenvalue weighted by Gasteiger charge is -2.23. The van der Waals surface area contributed by atoms with E-state index in [1.54, 1.807) is 23.0 Å². The van der Waals surface area contributed by atoms with E-state index < -0.39 is 12.3 Å². The Hall–Kier alpha value is -4.49. The summed E-state index contributed by atoms with van der Waals surface area (Å²) in [7, 11) is 0. The number of aliphatic hydroxyl groups is 1. The zero-order valence-electron chi connectivity index (χ0n) is 21.4. The van der Waals surface area contributed by atoms with Crippen LogP contribution in [-0.2, 0) is 4.74 Å². The highest BCUT2D eigenvalue weighted by atomic mass is 16.5. The predicted molar refractivity (Wildman–Crippen MR) is 149 cm³/mol. The first-order valence-corrected chi connectivity index (χ1v) is 12.9. The van der Waals surface area contributed by atoms with E-state index in [0.29, 0.717) is 46.8 Å². The molecule has 9 heteroatoms. The minimum Gasteiger partial charge on any atom is -0.382 e. The third-order valence-electron chi connectivity index (χ3n) is 7.01. The molecule has 3 atom stereocenters. The molecule has 6 rings (SSSR count). The van der Waals surface area contributed by atoms with Gasteiger partial charge in [-0.3, -0.25) is 14.7 Å². The lowest BCUT2D eigenvalue weighted by atomic mass is 10.0. The second kappa shape index (κ2) is 10.3. The van der Waals surface area contributed by atoms with Gasteiger partial charge in [0, 0.05) is 47.9 Å². The zero-order chi connectivity index (χ0) is 26.9. The van der Waals surface area contributed by atoms with Gasteiger partial charge in [0.05, 0.1) is 17.6 Å². The fourth-order valence-electron chi connectivity index (χ4n) is 5.07. The van der Waals surface area contributed by atoms with E-state index in [9.17, 15) is 9.90 Å². The molecule has 9 nitrogen and oxygen atoms in total. The second-order valence-corrected chi connectivity index (χ2v) is 9.62. The standard InChI is InChI=1S/C30H28N6O3/c1-19(33-29(37)26-27(31)34-35-15-6-14-32-28(26)35)24-17-22-8-5-7-21(12-11-20-13-16-39-18-20)25(22)30(38)36(24)23-9-3-2-4-10-23/h2-10,14-15,17,19-20,29,33,37H,13,16,18H2,1H3,(H2,31,34). The summed E-state index contributed by atoms with van der Waals surface area (Å²) < 4.78 is 8.65. The Morgan fingerprint density at radius 3 is 2.82 bits per heavy atom. The van der Waals surface area contributed by atoms with Gasteiger partial charge in [-0.2, -0.15) is 0 Å². The van der Waals surface area contributed by atoms with Crippen LogP contribution in [0.3, 0.4) is 0 Å². The molecule has 4 N–H and O–H groups in total. The Bertz CT molecular complexity index is 1780. The van der Waals surface area contributed by atoms with Gasteiger partial charge >= 0.3 is 0 Å². The molecule has 0 aliphatic carbocycles. The van der Waals surface area contributed by atoms with Crippen LogP contribution in [0, 0.1) is 17.8 Å². The van der Waals surface area contributed by atoms with Crippen molar-refractivity contribution in [3.8, 4) is 17.5 Å². The number of benzene rings is 2. The number of nitrogens with two attached hydrogens (primary N) is 1. The summed E-state index contributed by atoms with van der Waals surface area (Å²) in [5, 5.41) is 19.9. The quantitative estimate of drug-likeness (QED) is 0.240. The summed E-state index contributed by atoms with van der Waals surface area (Å²) in [6.07, 6.45) is 3.06. The van der Waals surface area contributed by atoms with Crippen LogP contribution in [-0.4, -0.2) is 37.5 Å². The molecule has 196 valence electrons. The highest BCUT2D eigenvalue weighted by Crippen LogP contribution is 2.27. The molecule has 3 unspecified atom stereocenters. The van der Waals surface area contributed by atoms with Crippen molar-refractivity contribution in [3.05, 3.63) is 100 Å². The van der Waals surface area contributed by atoms with E-state index in [4.69, 9.17) is 10.5 Å². The number of para-hydroxylation sites is 1. The number of ether oxygens (including phenoxy) is 1. The van der Waals surface area contributed by atoms with Crippen molar-refractivity contribution in [2.45, 2.75) is 25.6 Å². The van der Waals surface area contributed by atoms with E-state index in [-0.39, 0.29) is 17.3 Å². The average Bonchev–Trinajstić information content (AvgIpc) is 3.59. The Morgan fingerprint density at radius 1 is 1.18 bits per heavy atom. The van der Waals surface area contributed by atoms with Crippen LogP contribution < -0.4 is 16.6 Å². The number of nitrogens with zero attached hydrogens (tertiary/aromatic N) is 4. The number of pyridine rings is 1. The fraction of sp³-hybridized carbons (Fsp3) is 0.233. The smallest absolute Gasteiger partial charge is 0.264 e. The summed E-state index contributed by atoms with van der Waals surface area (Å²) in [6.45, 7) is 3.23. The van der Waals surface area contributed by atoms with Crippen LogP contribution in [0.5, 0.6) is 0 Å². The van der Waals surface area contributed by atoms with Crippen molar-refractivity contribution in [2.24, 2.45) is 5.92 Å². The van der Waals surface area contributed by atoms with Crippen molar-refractivity contribution >= 4 is 22.2 Å². The summed E-state index contributed by atoms with van der Waals surface area (Å²) in [4.78, 5) is 18.5. The second-order valence-electron chi connectivity index (χ2n) is 9.62. The molecule has 3 aromatic heterocycles. The predicted octanol–water partition coefficient (Wildman–Crippen LogP) is 3.35. The van der Waals surface area contributed by atoms with E-state index >= 15 is 0 Å². The maximum absolute atomic E-state index is 14.2. The minimum absolute atomic E-state index is 0.170. The van der Waals surface area contributed by atoms with Gasteiger partial charge < -0.3 is 15.6 Å². The molecule has 1 saturated heterocycles. The Labute approximate surface area is 224 Å². The molecule has 5 aromatic rings. The van der Waals surface area contributed by atoms with Crippen molar-refractivity contribution in [2.75, 3.05) is 18.9 Å². The normalized spacial score (nSPS) is 16.7. The molecule has 1 aliphatic heterocycles. The summed E-state index contributed by atoms with van der Waals surface area (Å²) in [5.41, 5.74) is 8.86. The van der Waals surface area contributed by atoms with Gasteiger partial charge in [0.2, 0.25) is 0 Å². The van der Waals surface area contributed by atoms with Gasteiger partial charge in [-0.1, -0.05) is 42.2 Å². The number of hydrogen-bond acceptors (Lipinski definition) is 7. The van der Waals surface area contributed by atoms with Gasteiger partial charge in [0.25, 0.3) is 5.56 Å². The molecule has 39 heavy (non-hydrogen) atoms. The van der Waals surface area contributed by atoms with Crippen LogP contribution in [0.1, 0.15) is 42.4 Å². The van der Waals surface area contributed by atoms with Crippen LogP contribution in [0.2, 0.25) is 0 Å². The molecular formula is C30H28N6O3. The Kier molecular flexibility index (Phi) is 6.59. The van der Waals surface area contributed by atoms with E-state index in [1.165, 1.54) is 4.52 Å². The van der Waals surface area contributed by atoms with E-state index in [2.05, 4.69) is 27.2 Å². The number of aromatic nitrogens is 4. The highest BCUT2D eigenvalue weighted by molar-refractivity contribution is 5.88. The van der Waals surface area contributed by atoms with Gasteiger partial charge in [-0.15, -0.1) is 5.10 Å². The maximum atomic E-state index is 14.2. The number of nitrogens with one attached hydrogen (secondary N) is 1. The third kappa shape index (κ3) is 4.66. The van der Waals surface area contributed by atoms with Crippen molar-refractivity contribution in [3.63, 3.8) is 0 Å². The number of anilines is 1. The van der Waals surface area contributed by atoms with Crippen LogP contribution in [0.25, 0.3) is 22.1 Å². The summed E-state index contributed by atoms with van der Waals surface area (Å²) in [5.74, 6) is 6.87. The first-order valence-electron chi connectivity index (χ1n) is 12.9. The van der Waals surface area contributed by atoms with E-state index in [1.807, 2.05) is 61.5 Å². The molecule has 0 bridgehead atoms. The van der Waals surface area contributed by atoms with E-state index in [0.717, 1.165) is 11.8 Å². The largest absolute Gasteiger partial charge is 0.382 e. The molecule has 0 saturated carbocycles. The van der Waals surface area contributed by atoms with Crippen molar-refractivity contribution < 1.29 is 9.84 Å². The summed E-state index contributed by atoms with van der Waals surface area (Å²) in [6, 6.07) is 18.4. The molecule has 1 fully saturated rings. The molecule has 1 aliphatic rings. The number of fused-ring (bicyclic) bond motifs is 2. The molecular weight excluding hydrogens is 492 g/mol. The minimum atomic E-state index is -1.17. The fourth-order valence-corrected chi connectivity index (χ4v) is 5.07. The molecule has 0 amide bonds. The first-order chi connectivity index (χ1) is 19.0. The van der Waals surface area contributed by atoms with Crippen LogP contribution >= 0.6 is 0 Å². The van der Waals surface area contributed by atoms with Gasteiger partial charge in [-0.05, 0) is 49.1 Å². The Balaban J connectivity index is 1.45. The lowest BCUT2D eigenvalue weighted by molar-refractivity contribution is 0.127. The maximum Gasteiger partial charge on any atom is 0.264 e. The zero-order valence-corrected chi connectivity index (χ0v) is 21.4. The monoisotopic (exact) mass is 520 g/mol. The number of nitrogen functional groups attached to an aromatic ring is 1. The Morgan fingerprint density at radius 2 is 2.03 bits per heavy atom. The third-order valence-corrected chi connectivity index (χ3v) is 7.01. The molecule has 0 radical (unpaired) electrons. The van der Waals surface area contributed by atoms with Crippen LogP contribution in [0.4, 0.5) is 5.82 Å². The SMILES string of the molecule is CC(NC(O)c1c(N)nn2cccnc12)c1cc2cccc(C#CC3CCOC3)c2c(=O)n1-c1ccccc1. The average molecular weight is 521 g/mol. The number of rotatable bonds is 5. The van der Waals surface area contributed by atoms with Gasteiger partial charge in [0.1, 0.15) is 6.23 Å². The number of hydrogen-bond donors (Lipinski definition) is 3. The first kappa shape index (κ1) is 24.8. The molecule has 2 aromatic carbocycles.